The van der Waals surface area contributed by atoms with Gasteiger partial charge in [-0.2, -0.15) is 0 Å². The molecule has 0 aromatic carbocycles. The molecular formula is C12H21NO. The summed E-state index contributed by atoms with van der Waals surface area (Å²) in [6.07, 6.45) is 0. The van der Waals surface area contributed by atoms with E-state index in [2.05, 4.69) is 32.2 Å². The molecule has 1 N–H and O–H groups in total. The zero-order chi connectivity index (χ0) is 10.9. The second-order valence-electron chi connectivity index (χ2n) is 4.96. The van der Waals surface area contributed by atoms with Crippen LogP contribution in [0.1, 0.15) is 43.9 Å². The summed E-state index contributed by atoms with van der Waals surface area (Å²) in [6, 6.07) is 2.47. The summed E-state index contributed by atoms with van der Waals surface area (Å²) in [4.78, 5) is 0. The molecule has 14 heavy (non-hydrogen) atoms. The first-order valence-electron chi connectivity index (χ1n) is 5.10. The Morgan fingerprint density at radius 1 is 1.29 bits per heavy atom. The van der Waals surface area contributed by atoms with E-state index in [0.29, 0.717) is 6.04 Å². The highest BCUT2D eigenvalue weighted by Gasteiger charge is 2.27. The monoisotopic (exact) mass is 195 g/mol. The van der Waals surface area contributed by atoms with Crippen LogP contribution in [0, 0.1) is 19.3 Å². The fraction of sp³-hybridized carbons (Fsp3) is 0.667. The van der Waals surface area contributed by atoms with Crippen molar-refractivity contribution >= 4 is 0 Å². The molecule has 80 valence electrons. The first-order chi connectivity index (χ1) is 6.36. The summed E-state index contributed by atoms with van der Waals surface area (Å²) in [7, 11) is 2.00. The van der Waals surface area contributed by atoms with Gasteiger partial charge in [-0.05, 0) is 32.4 Å². The van der Waals surface area contributed by atoms with E-state index < -0.39 is 0 Å². The maximum absolute atomic E-state index is 5.55. The van der Waals surface area contributed by atoms with Crippen LogP contribution in [0.5, 0.6) is 0 Å². The quantitative estimate of drug-likeness (QED) is 0.784. The summed E-state index contributed by atoms with van der Waals surface area (Å²) < 4.78 is 5.55. The molecule has 2 nitrogen and oxygen atoms in total. The number of furan rings is 1. The van der Waals surface area contributed by atoms with Gasteiger partial charge < -0.3 is 9.73 Å². The third-order valence-corrected chi connectivity index (χ3v) is 2.55. The minimum atomic E-state index is 0.204. The Labute approximate surface area is 86.7 Å². The number of hydrogen-bond donors (Lipinski definition) is 1. The van der Waals surface area contributed by atoms with E-state index in [0.717, 1.165) is 11.5 Å². The van der Waals surface area contributed by atoms with Crippen LogP contribution in [-0.4, -0.2) is 7.05 Å². The molecule has 0 amide bonds. The second-order valence-corrected chi connectivity index (χ2v) is 4.96. The van der Waals surface area contributed by atoms with Crippen LogP contribution >= 0.6 is 0 Å². The van der Waals surface area contributed by atoms with E-state index in [1.165, 1.54) is 5.56 Å². The molecule has 1 aromatic heterocycles. The predicted octanol–water partition coefficient (Wildman–Crippen LogP) is 3.20. The molecule has 0 saturated heterocycles. The van der Waals surface area contributed by atoms with Gasteiger partial charge in [0.1, 0.15) is 11.5 Å². The number of hydrogen-bond acceptors (Lipinski definition) is 2. The lowest BCUT2D eigenvalue weighted by Gasteiger charge is -2.30. The summed E-state index contributed by atoms with van der Waals surface area (Å²) in [5.74, 6) is 2.01. The van der Waals surface area contributed by atoms with Gasteiger partial charge in [0.05, 0.1) is 0 Å². The zero-order valence-corrected chi connectivity index (χ0v) is 10.1. The van der Waals surface area contributed by atoms with Gasteiger partial charge in [0.2, 0.25) is 0 Å². The second kappa shape index (κ2) is 3.77. The highest BCUT2D eigenvalue weighted by molar-refractivity contribution is 5.25. The molecule has 1 unspecified atom stereocenters. The maximum Gasteiger partial charge on any atom is 0.105 e. The fourth-order valence-electron chi connectivity index (χ4n) is 1.99. The van der Waals surface area contributed by atoms with Crippen molar-refractivity contribution in [3.8, 4) is 0 Å². The lowest BCUT2D eigenvalue weighted by atomic mass is 9.82. The van der Waals surface area contributed by atoms with Crippen molar-refractivity contribution in [2.45, 2.75) is 40.7 Å². The Bertz CT molecular complexity index is 307. The smallest absolute Gasteiger partial charge is 0.105 e. The van der Waals surface area contributed by atoms with Gasteiger partial charge in [-0.1, -0.05) is 20.8 Å². The Hall–Kier alpha value is -0.760. The molecule has 1 aromatic rings. The van der Waals surface area contributed by atoms with Crippen molar-refractivity contribution in [3.05, 3.63) is 23.2 Å². The van der Waals surface area contributed by atoms with Gasteiger partial charge in [-0.25, -0.2) is 0 Å². The Morgan fingerprint density at radius 2 is 1.86 bits per heavy atom. The first kappa shape index (κ1) is 11.3. The maximum atomic E-state index is 5.55. The van der Waals surface area contributed by atoms with E-state index >= 15 is 0 Å². The van der Waals surface area contributed by atoms with E-state index in [1.807, 2.05) is 20.9 Å². The van der Waals surface area contributed by atoms with E-state index in [4.69, 9.17) is 4.42 Å². The predicted molar refractivity (Wildman–Crippen MR) is 59.4 cm³/mol. The molecule has 0 spiro atoms. The van der Waals surface area contributed by atoms with E-state index in [9.17, 15) is 0 Å². The fourth-order valence-corrected chi connectivity index (χ4v) is 1.99. The molecule has 1 rings (SSSR count). The molecule has 0 radical (unpaired) electrons. The minimum Gasteiger partial charge on any atom is -0.466 e. The van der Waals surface area contributed by atoms with Gasteiger partial charge in [0.25, 0.3) is 0 Å². The SMILES string of the molecule is CNC(c1cc(C)oc1C)C(C)(C)C. The van der Waals surface area contributed by atoms with Crippen molar-refractivity contribution in [3.63, 3.8) is 0 Å². The zero-order valence-electron chi connectivity index (χ0n) is 10.1. The summed E-state index contributed by atoms with van der Waals surface area (Å²) >= 11 is 0. The van der Waals surface area contributed by atoms with Gasteiger partial charge in [-0.15, -0.1) is 0 Å². The third kappa shape index (κ3) is 2.18. The van der Waals surface area contributed by atoms with Crippen molar-refractivity contribution < 1.29 is 4.42 Å². The van der Waals surface area contributed by atoms with Crippen LogP contribution in [-0.2, 0) is 0 Å². The van der Waals surface area contributed by atoms with Crippen LogP contribution in [0.2, 0.25) is 0 Å². The molecule has 0 aliphatic rings. The lowest BCUT2D eigenvalue weighted by molar-refractivity contribution is 0.283. The largest absolute Gasteiger partial charge is 0.466 e. The van der Waals surface area contributed by atoms with Gasteiger partial charge >= 0.3 is 0 Å². The summed E-state index contributed by atoms with van der Waals surface area (Å²) in [5, 5.41) is 3.35. The highest BCUT2D eigenvalue weighted by Crippen LogP contribution is 2.35. The standard InChI is InChI=1S/C12H21NO/c1-8-7-10(9(2)14-8)11(13-6)12(3,4)5/h7,11,13H,1-6H3. The molecule has 0 aliphatic carbocycles. The Kier molecular flexibility index (Phi) is 3.05. The molecular weight excluding hydrogens is 174 g/mol. The van der Waals surface area contributed by atoms with Crippen LogP contribution in [0.4, 0.5) is 0 Å². The van der Waals surface area contributed by atoms with Gasteiger partial charge in [0.15, 0.2) is 0 Å². The van der Waals surface area contributed by atoms with E-state index in [1.54, 1.807) is 0 Å². The van der Waals surface area contributed by atoms with Gasteiger partial charge in [0, 0.05) is 11.6 Å². The first-order valence-corrected chi connectivity index (χ1v) is 5.10. The minimum absolute atomic E-state index is 0.204. The summed E-state index contributed by atoms with van der Waals surface area (Å²) in [6.45, 7) is 10.7. The lowest BCUT2D eigenvalue weighted by Crippen LogP contribution is -2.29. The molecule has 1 atom stereocenters. The summed E-state index contributed by atoms with van der Waals surface area (Å²) in [5.41, 5.74) is 1.48. The Balaban J connectivity index is 3.07. The number of nitrogens with one attached hydrogen (secondary N) is 1. The van der Waals surface area contributed by atoms with Crippen molar-refractivity contribution in [2.24, 2.45) is 5.41 Å². The molecule has 0 aliphatic heterocycles. The van der Waals surface area contributed by atoms with Crippen LogP contribution < -0.4 is 5.32 Å². The average Bonchev–Trinajstić information content (AvgIpc) is 2.29. The average molecular weight is 195 g/mol. The number of aryl methyl sites for hydroxylation is 2. The molecule has 0 saturated carbocycles. The van der Waals surface area contributed by atoms with Crippen LogP contribution in [0.25, 0.3) is 0 Å². The molecule has 1 heterocycles. The molecule has 0 fully saturated rings. The normalized spacial score (nSPS) is 14.4. The van der Waals surface area contributed by atoms with Crippen molar-refractivity contribution in [1.29, 1.82) is 0 Å². The third-order valence-electron chi connectivity index (χ3n) is 2.55. The highest BCUT2D eigenvalue weighted by atomic mass is 16.3. The number of rotatable bonds is 2. The van der Waals surface area contributed by atoms with Gasteiger partial charge in [-0.3, -0.25) is 0 Å². The van der Waals surface area contributed by atoms with Crippen molar-refractivity contribution in [2.75, 3.05) is 7.05 Å². The van der Waals surface area contributed by atoms with E-state index in [-0.39, 0.29) is 5.41 Å². The van der Waals surface area contributed by atoms with Crippen LogP contribution in [0.3, 0.4) is 0 Å². The van der Waals surface area contributed by atoms with Crippen molar-refractivity contribution in [1.82, 2.24) is 5.32 Å². The Morgan fingerprint density at radius 3 is 2.14 bits per heavy atom. The topological polar surface area (TPSA) is 25.2 Å². The molecule has 0 bridgehead atoms. The van der Waals surface area contributed by atoms with Crippen LogP contribution in [0.15, 0.2) is 10.5 Å². The molecule has 2 heteroatoms.